The van der Waals surface area contributed by atoms with E-state index in [1.807, 2.05) is 12.1 Å². The van der Waals surface area contributed by atoms with E-state index in [-0.39, 0.29) is 17.8 Å². The second-order valence-electron chi connectivity index (χ2n) is 7.79. The first kappa shape index (κ1) is 22.1. The monoisotopic (exact) mass is 458 g/mol. The van der Waals surface area contributed by atoms with E-state index >= 15 is 0 Å². The van der Waals surface area contributed by atoms with Crippen molar-refractivity contribution in [1.29, 1.82) is 0 Å². The Bertz CT molecular complexity index is 959. The molecule has 3 heterocycles. The summed E-state index contributed by atoms with van der Waals surface area (Å²) in [4.78, 5) is 44.7. The van der Waals surface area contributed by atoms with Gasteiger partial charge in [0.05, 0.1) is 14.2 Å². The number of ether oxygens (including phenoxy) is 2. The Kier molecular flexibility index (Phi) is 6.59. The van der Waals surface area contributed by atoms with Crippen LogP contribution in [0.2, 0.25) is 0 Å². The highest BCUT2D eigenvalue weighted by atomic mass is 32.1. The molecule has 1 aromatic carbocycles. The van der Waals surface area contributed by atoms with Gasteiger partial charge < -0.3 is 19.7 Å². The summed E-state index contributed by atoms with van der Waals surface area (Å²) in [6.45, 7) is 0.736. The van der Waals surface area contributed by atoms with Crippen molar-refractivity contribution in [2.45, 2.75) is 44.7 Å². The number of unbranched alkanes of at least 4 members (excludes halogenated alkanes) is 2. The predicted octanol–water partition coefficient (Wildman–Crippen LogP) is 3.05. The maximum Gasteiger partial charge on any atom is 0.327 e. The molecule has 0 bridgehead atoms. The van der Waals surface area contributed by atoms with Crippen LogP contribution in [0.15, 0.2) is 23.7 Å². The molecule has 0 aliphatic carbocycles. The minimum absolute atomic E-state index is 0.0750. The van der Waals surface area contributed by atoms with E-state index < -0.39 is 6.04 Å². The molecule has 4 amide bonds. The molecule has 1 saturated heterocycles. The molecular weight excluding hydrogens is 432 g/mol. The van der Waals surface area contributed by atoms with Gasteiger partial charge in [-0.2, -0.15) is 0 Å². The van der Waals surface area contributed by atoms with E-state index in [1.165, 1.54) is 16.2 Å². The molecule has 1 aromatic heterocycles. The molecule has 9 nitrogen and oxygen atoms in total. The lowest BCUT2D eigenvalue weighted by atomic mass is 9.94. The van der Waals surface area contributed by atoms with E-state index in [0.717, 1.165) is 17.5 Å². The fraction of sp³-hybridized carbons (Fsp3) is 0.455. The molecule has 2 aromatic rings. The number of aromatic nitrogens is 1. The SMILES string of the molecule is COc1cc2c(cc1OC)CN1C(=O)N(CCCCCC(=O)Nc3nccs3)C(=O)C1C2. The molecule has 10 heteroatoms. The predicted molar refractivity (Wildman–Crippen MR) is 119 cm³/mol. The molecule has 170 valence electrons. The molecule has 32 heavy (non-hydrogen) atoms. The quantitative estimate of drug-likeness (QED) is 0.458. The van der Waals surface area contributed by atoms with E-state index in [1.54, 1.807) is 30.7 Å². The fourth-order valence-corrected chi connectivity index (χ4v) is 4.71. The van der Waals surface area contributed by atoms with Gasteiger partial charge in [-0.25, -0.2) is 9.78 Å². The summed E-state index contributed by atoms with van der Waals surface area (Å²) in [6, 6.07) is 3.05. The van der Waals surface area contributed by atoms with Gasteiger partial charge in [0.25, 0.3) is 5.91 Å². The average molecular weight is 459 g/mol. The summed E-state index contributed by atoms with van der Waals surface area (Å²) in [7, 11) is 3.15. The highest BCUT2D eigenvalue weighted by molar-refractivity contribution is 7.13. The van der Waals surface area contributed by atoms with Crippen molar-refractivity contribution in [3.05, 3.63) is 34.8 Å². The van der Waals surface area contributed by atoms with Crippen LogP contribution in [0.4, 0.5) is 9.93 Å². The molecule has 2 aliphatic heterocycles. The van der Waals surface area contributed by atoms with Crippen LogP contribution in [0.5, 0.6) is 11.5 Å². The number of urea groups is 1. The highest BCUT2D eigenvalue weighted by Crippen LogP contribution is 2.37. The van der Waals surface area contributed by atoms with E-state index in [0.29, 0.717) is 55.4 Å². The van der Waals surface area contributed by atoms with Crippen LogP contribution < -0.4 is 14.8 Å². The van der Waals surface area contributed by atoms with Crippen molar-refractivity contribution < 1.29 is 23.9 Å². The third-order valence-corrected chi connectivity index (χ3v) is 6.52. The van der Waals surface area contributed by atoms with Crippen molar-refractivity contribution in [2.24, 2.45) is 0 Å². The van der Waals surface area contributed by atoms with Gasteiger partial charge in [0.2, 0.25) is 5.91 Å². The van der Waals surface area contributed by atoms with Crippen molar-refractivity contribution in [3.8, 4) is 11.5 Å². The van der Waals surface area contributed by atoms with Crippen LogP contribution in [0.3, 0.4) is 0 Å². The standard InChI is InChI=1S/C22H26N4O5S/c1-30-17-11-14-10-16-20(28)25(22(29)26(16)13-15(14)12-18(17)31-2)8-5-3-4-6-19(27)24-21-23-7-9-32-21/h7,9,11-12,16H,3-6,8,10,13H2,1-2H3,(H,23,24,27). The Morgan fingerprint density at radius 1 is 1.16 bits per heavy atom. The molecule has 1 atom stereocenters. The molecule has 1 unspecified atom stereocenters. The number of carbonyl (C=O) groups is 3. The summed E-state index contributed by atoms with van der Waals surface area (Å²) < 4.78 is 10.7. The van der Waals surface area contributed by atoms with Crippen molar-refractivity contribution in [2.75, 3.05) is 26.1 Å². The lowest BCUT2D eigenvalue weighted by molar-refractivity contribution is -0.128. The first-order valence-corrected chi connectivity index (χ1v) is 11.4. The number of benzene rings is 1. The van der Waals surface area contributed by atoms with Crippen LogP contribution in [0.1, 0.15) is 36.8 Å². The second-order valence-corrected chi connectivity index (χ2v) is 8.69. The van der Waals surface area contributed by atoms with Gasteiger partial charge in [-0.1, -0.05) is 6.42 Å². The summed E-state index contributed by atoms with van der Waals surface area (Å²) in [5.74, 6) is 0.997. The van der Waals surface area contributed by atoms with Gasteiger partial charge >= 0.3 is 6.03 Å². The van der Waals surface area contributed by atoms with Crippen LogP contribution in [-0.4, -0.2) is 59.4 Å². The smallest absolute Gasteiger partial charge is 0.327 e. The summed E-state index contributed by atoms with van der Waals surface area (Å²) in [6.07, 6.45) is 4.59. The lowest BCUT2D eigenvalue weighted by Crippen LogP contribution is -2.40. The van der Waals surface area contributed by atoms with Gasteiger partial charge in [0.1, 0.15) is 6.04 Å². The maximum atomic E-state index is 12.9. The largest absolute Gasteiger partial charge is 0.493 e. The first-order chi connectivity index (χ1) is 15.5. The number of hydrogen-bond donors (Lipinski definition) is 1. The number of thiazole rings is 1. The summed E-state index contributed by atoms with van der Waals surface area (Å²) in [5, 5.41) is 5.15. The maximum absolute atomic E-state index is 12.9. The molecule has 0 saturated carbocycles. The minimum atomic E-state index is -0.475. The number of nitrogens with zero attached hydrogens (tertiary/aromatic N) is 3. The number of imide groups is 1. The van der Waals surface area contributed by atoms with Crippen LogP contribution in [0.25, 0.3) is 0 Å². The fourth-order valence-electron chi connectivity index (χ4n) is 4.17. The summed E-state index contributed by atoms with van der Waals surface area (Å²) in [5.41, 5.74) is 1.96. The topological polar surface area (TPSA) is 101 Å². The number of carbonyl (C=O) groups excluding carboxylic acids is 3. The normalized spacial score (nSPS) is 17.2. The number of methoxy groups -OCH3 is 2. The zero-order chi connectivity index (χ0) is 22.7. The zero-order valence-corrected chi connectivity index (χ0v) is 18.9. The van der Waals surface area contributed by atoms with Crippen LogP contribution >= 0.6 is 11.3 Å². The second kappa shape index (κ2) is 9.56. The zero-order valence-electron chi connectivity index (χ0n) is 18.1. The third kappa shape index (κ3) is 4.40. The van der Waals surface area contributed by atoms with Crippen LogP contribution in [-0.2, 0) is 22.6 Å². The number of nitrogens with one attached hydrogen (secondary N) is 1. The Morgan fingerprint density at radius 2 is 1.91 bits per heavy atom. The Labute approximate surface area is 190 Å². The van der Waals surface area contributed by atoms with Gasteiger partial charge in [-0.3, -0.25) is 14.5 Å². The average Bonchev–Trinajstić information content (AvgIpc) is 3.38. The van der Waals surface area contributed by atoms with Gasteiger partial charge in [0.15, 0.2) is 16.6 Å². The van der Waals surface area contributed by atoms with Crippen LogP contribution in [0, 0.1) is 0 Å². The Hall–Kier alpha value is -3.14. The number of rotatable bonds is 9. The molecule has 1 N–H and O–H groups in total. The van der Waals surface area contributed by atoms with Gasteiger partial charge in [0, 0.05) is 37.5 Å². The number of hydrogen-bond acceptors (Lipinski definition) is 7. The molecule has 1 fully saturated rings. The Balaban J connectivity index is 1.29. The molecule has 0 radical (unpaired) electrons. The molecule has 4 rings (SSSR count). The lowest BCUT2D eigenvalue weighted by Gasteiger charge is -2.29. The number of amides is 4. The molecule has 2 aliphatic rings. The highest BCUT2D eigenvalue weighted by Gasteiger charge is 2.47. The minimum Gasteiger partial charge on any atom is -0.493 e. The van der Waals surface area contributed by atoms with Gasteiger partial charge in [-0.15, -0.1) is 11.3 Å². The molecular formula is C22H26N4O5S. The van der Waals surface area contributed by atoms with Gasteiger partial charge in [-0.05, 0) is 36.1 Å². The molecule has 0 spiro atoms. The van der Waals surface area contributed by atoms with E-state index in [2.05, 4.69) is 10.3 Å². The third-order valence-electron chi connectivity index (χ3n) is 5.83. The number of anilines is 1. The van der Waals surface area contributed by atoms with Crippen molar-refractivity contribution in [1.82, 2.24) is 14.8 Å². The summed E-state index contributed by atoms with van der Waals surface area (Å²) >= 11 is 1.38. The first-order valence-electron chi connectivity index (χ1n) is 10.6. The van der Waals surface area contributed by atoms with E-state index in [9.17, 15) is 14.4 Å². The Morgan fingerprint density at radius 3 is 2.59 bits per heavy atom. The number of fused-ring (bicyclic) bond motifs is 2. The van der Waals surface area contributed by atoms with Crippen molar-refractivity contribution >= 4 is 34.3 Å². The van der Waals surface area contributed by atoms with Crippen molar-refractivity contribution in [3.63, 3.8) is 0 Å². The van der Waals surface area contributed by atoms with E-state index in [4.69, 9.17) is 9.47 Å².